The molecule has 1 N–H and O–H groups in total. The molecule has 168 valence electrons. The molecule has 0 spiro atoms. The van der Waals surface area contributed by atoms with E-state index in [9.17, 15) is 18.8 Å². The molecule has 3 rings (SSSR count). The van der Waals surface area contributed by atoms with Crippen LogP contribution in [-0.4, -0.2) is 12.5 Å². The Morgan fingerprint density at radius 3 is 2.61 bits per heavy atom. The van der Waals surface area contributed by atoms with E-state index >= 15 is 0 Å². The van der Waals surface area contributed by atoms with Crippen molar-refractivity contribution < 1.29 is 23.0 Å². The molecule has 0 aliphatic rings. The predicted octanol–water partition coefficient (Wildman–Crippen LogP) is 6.14. The second kappa shape index (κ2) is 11.1. The number of benzene rings is 3. The third kappa shape index (κ3) is 6.31. The number of nitrogens with zero attached hydrogens (tertiary/aromatic N) is 1. The van der Waals surface area contributed by atoms with Crippen molar-refractivity contribution in [2.45, 2.75) is 13.5 Å². The number of para-hydroxylation sites is 1. The van der Waals surface area contributed by atoms with Crippen LogP contribution in [-0.2, 0) is 11.4 Å². The largest absolute Gasteiger partial charge is 0.490 e. The quantitative estimate of drug-likeness (QED) is 0.318. The fourth-order valence-corrected chi connectivity index (χ4v) is 3.20. The van der Waals surface area contributed by atoms with Gasteiger partial charge in [-0.25, -0.2) is 8.78 Å². The SMILES string of the molecule is CCOc1cc(/C=C(/C#N)C(=O)Nc2ccccc2F)cc(Cl)c1OCc1cccc(F)c1. The summed E-state index contributed by atoms with van der Waals surface area (Å²) in [4.78, 5) is 12.5. The molecule has 0 saturated heterocycles. The van der Waals surface area contributed by atoms with Crippen molar-refractivity contribution in [3.63, 3.8) is 0 Å². The summed E-state index contributed by atoms with van der Waals surface area (Å²) in [6.45, 7) is 2.13. The molecule has 0 unspecified atom stereocenters. The van der Waals surface area contributed by atoms with Crippen LogP contribution in [0.2, 0.25) is 5.02 Å². The van der Waals surface area contributed by atoms with Gasteiger partial charge in [-0.05, 0) is 60.5 Å². The molecule has 33 heavy (non-hydrogen) atoms. The van der Waals surface area contributed by atoms with Crippen LogP contribution >= 0.6 is 11.6 Å². The van der Waals surface area contributed by atoms with Crippen molar-refractivity contribution in [2.24, 2.45) is 0 Å². The number of hydrogen-bond donors (Lipinski definition) is 1. The highest BCUT2D eigenvalue weighted by atomic mass is 35.5. The molecule has 0 saturated carbocycles. The molecule has 0 heterocycles. The van der Waals surface area contributed by atoms with Gasteiger partial charge in [0.1, 0.15) is 29.9 Å². The molecule has 0 fully saturated rings. The van der Waals surface area contributed by atoms with E-state index in [4.69, 9.17) is 21.1 Å². The molecule has 8 heteroatoms. The number of amides is 1. The van der Waals surface area contributed by atoms with Gasteiger partial charge in [-0.15, -0.1) is 0 Å². The Bertz CT molecular complexity index is 1240. The molecule has 5 nitrogen and oxygen atoms in total. The van der Waals surface area contributed by atoms with E-state index in [0.717, 1.165) is 0 Å². The topological polar surface area (TPSA) is 71.3 Å². The summed E-state index contributed by atoms with van der Waals surface area (Å²) in [6, 6.07) is 16.5. The van der Waals surface area contributed by atoms with Crippen molar-refractivity contribution in [3.05, 3.63) is 94.0 Å². The predicted molar refractivity (Wildman–Crippen MR) is 122 cm³/mol. The number of nitriles is 1. The number of nitrogens with one attached hydrogen (secondary N) is 1. The van der Waals surface area contributed by atoms with Crippen LogP contribution in [0.5, 0.6) is 11.5 Å². The molecule has 0 atom stereocenters. The van der Waals surface area contributed by atoms with Crippen molar-refractivity contribution in [1.82, 2.24) is 0 Å². The normalized spacial score (nSPS) is 10.9. The minimum absolute atomic E-state index is 0.0437. The minimum Gasteiger partial charge on any atom is -0.490 e. The first-order valence-electron chi connectivity index (χ1n) is 9.92. The Kier molecular flexibility index (Phi) is 8.01. The van der Waals surface area contributed by atoms with Gasteiger partial charge in [-0.2, -0.15) is 5.26 Å². The first kappa shape index (κ1) is 23.8. The van der Waals surface area contributed by atoms with E-state index in [-0.39, 0.29) is 34.5 Å². The van der Waals surface area contributed by atoms with Gasteiger partial charge in [0.15, 0.2) is 11.5 Å². The lowest BCUT2D eigenvalue weighted by Crippen LogP contribution is -2.14. The first-order valence-corrected chi connectivity index (χ1v) is 10.3. The number of rotatable bonds is 8. The van der Waals surface area contributed by atoms with Crippen LogP contribution in [0.25, 0.3) is 6.08 Å². The highest BCUT2D eigenvalue weighted by Gasteiger charge is 2.16. The molecule has 0 aromatic heterocycles. The summed E-state index contributed by atoms with van der Waals surface area (Å²) in [5, 5.41) is 12.0. The molecule has 3 aromatic carbocycles. The van der Waals surface area contributed by atoms with Gasteiger partial charge in [0.2, 0.25) is 0 Å². The monoisotopic (exact) mass is 468 g/mol. The fourth-order valence-electron chi connectivity index (χ4n) is 2.92. The number of ether oxygens (including phenoxy) is 2. The van der Waals surface area contributed by atoms with Crippen LogP contribution in [0.3, 0.4) is 0 Å². The smallest absolute Gasteiger partial charge is 0.266 e. The molecular formula is C25H19ClF2N2O3. The lowest BCUT2D eigenvalue weighted by molar-refractivity contribution is -0.112. The third-order valence-electron chi connectivity index (χ3n) is 4.40. The average Bonchev–Trinajstić information content (AvgIpc) is 2.78. The van der Waals surface area contributed by atoms with Gasteiger partial charge in [-0.1, -0.05) is 35.9 Å². The van der Waals surface area contributed by atoms with Crippen molar-refractivity contribution in [3.8, 4) is 17.6 Å². The van der Waals surface area contributed by atoms with E-state index in [1.807, 2.05) is 0 Å². The molecular weight excluding hydrogens is 450 g/mol. The van der Waals surface area contributed by atoms with Crippen LogP contribution in [0, 0.1) is 23.0 Å². The Balaban J connectivity index is 1.86. The van der Waals surface area contributed by atoms with Gasteiger partial charge in [-0.3, -0.25) is 4.79 Å². The van der Waals surface area contributed by atoms with Crippen LogP contribution < -0.4 is 14.8 Å². The summed E-state index contributed by atoms with van der Waals surface area (Å²) in [5.41, 5.74) is 0.707. The Labute approximate surface area is 194 Å². The van der Waals surface area contributed by atoms with Crippen LogP contribution in [0.15, 0.2) is 66.2 Å². The average molecular weight is 469 g/mol. The Morgan fingerprint density at radius 1 is 1.12 bits per heavy atom. The second-order valence-corrected chi connectivity index (χ2v) is 7.19. The Hall–Kier alpha value is -3.89. The molecule has 1 amide bonds. The maximum Gasteiger partial charge on any atom is 0.266 e. The summed E-state index contributed by atoms with van der Waals surface area (Å²) in [7, 11) is 0. The summed E-state index contributed by atoms with van der Waals surface area (Å²) >= 11 is 6.38. The number of anilines is 1. The van der Waals surface area contributed by atoms with Crippen LogP contribution in [0.1, 0.15) is 18.1 Å². The summed E-state index contributed by atoms with van der Waals surface area (Å²) < 4.78 is 38.6. The van der Waals surface area contributed by atoms with Gasteiger partial charge < -0.3 is 14.8 Å². The summed E-state index contributed by atoms with van der Waals surface area (Å²) in [5.74, 6) is -1.24. The summed E-state index contributed by atoms with van der Waals surface area (Å²) in [6.07, 6.45) is 1.31. The molecule has 0 radical (unpaired) electrons. The molecule has 0 aliphatic carbocycles. The minimum atomic E-state index is -0.775. The zero-order valence-electron chi connectivity index (χ0n) is 17.6. The van der Waals surface area contributed by atoms with Crippen molar-refractivity contribution >= 4 is 29.3 Å². The van der Waals surface area contributed by atoms with Gasteiger partial charge in [0.05, 0.1) is 17.3 Å². The molecule has 0 bridgehead atoms. The first-order chi connectivity index (χ1) is 15.9. The number of hydrogen-bond acceptors (Lipinski definition) is 4. The van der Waals surface area contributed by atoms with Crippen molar-refractivity contribution in [2.75, 3.05) is 11.9 Å². The standard InChI is InChI=1S/C25H19ClF2N2O3/c1-2-32-23-13-17(10-18(14-29)25(31)30-22-9-4-3-8-21(22)28)12-20(26)24(23)33-15-16-6-5-7-19(27)11-16/h3-13H,2,15H2,1H3,(H,30,31)/b18-10-. The van der Waals surface area contributed by atoms with Crippen molar-refractivity contribution in [1.29, 1.82) is 5.26 Å². The lowest BCUT2D eigenvalue weighted by Gasteiger charge is -2.15. The fraction of sp³-hybridized carbons (Fsp3) is 0.120. The Morgan fingerprint density at radius 2 is 1.91 bits per heavy atom. The zero-order chi connectivity index (χ0) is 23.8. The highest BCUT2D eigenvalue weighted by Crippen LogP contribution is 2.38. The van der Waals surface area contributed by atoms with Gasteiger partial charge >= 0.3 is 0 Å². The number of carbonyl (C=O) groups is 1. The highest BCUT2D eigenvalue weighted by molar-refractivity contribution is 6.32. The lowest BCUT2D eigenvalue weighted by atomic mass is 10.1. The number of halogens is 3. The second-order valence-electron chi connectivity index (χ2n) is 6.79. The van der Waals surface area contributed by atoms with E-state index in [1.165, 1.54) is 42.5 Å². The van der Waals surface area contributed by atoms with Crippen LogP contribution in [0.4, 0.5) is 14.5 Å². The third-order valence-corrected chi connectivity index (χ3v) is 4.68. The maximum atomic E-state index is 13.8. The molecule has 3 aromatic rings. The zero-order valence-corrected chi connectivity index (χ0v) is 18.3. The van der Waals surface area contributed by atoms with Gasteiger partial charge in [0, 0.05) is 0 Å². The number of carbonyl (C=O) groups excluding carboxylic acids is 1. The molecule has 0 aliphatic heterocycles. The van der Waals surface area contributed by atoms with E-state index in [1.54, 1.807) is 37.3 Å². The maximum absolute atomic E-state index is 13.8. The van der Waals surface area contributed by atoms with E-state index in [0.29, 0.717) is 23.5 Å². The van der Waals surface area contributed by atoms with E-state index < -0.39 is 11.7 Å². The van der Waals surface area contributed by atoms with Gasteiger partial charge in [0.25, 0.3) is 5.91 Å². The van der Waals surface area contributed by atoms with E-state index in [2.05, 4.69) is 5.32 Å².